The zero-order chi connectivity index (χ0) is 14.8. The Morgan fingerprint density at radius 2 is 2.05 bits per heavy atom. The fraction of sp³-hybridized carbons (Fsp3) is 0.400. The van der Waals surface area contributed by atoms with Gasteiger partial charge in [-0.05, 0) is 13.0 Å². The lowest BCUT2D eigenvalue weighted by molar-refractivity contribution is -0.142. The van der Waals surface area contributed by atoms with Gasteiger partial charge in [-0.1, -0.05) is 0 Å². The van der Waals surface area contributed by atoms with E-state index in [2.05, 4.69) is 9.72 Å². The zero-order valence-electron chi connectivity index (χ0n) is 9.46. The number of hydrogen-bond acceptors (Lipinski definition) is 4. The number of ether oxygens (including phenoxy) is 1. The highest BCUT2D eigenvalue weighted by Gasteiger charge is 2.38. The van der Waals surface area contributed by atoms with E-state index in [4.69, 9.17) is 5.11 Å². The van der Waals surface area contributed by atoms with Crippen molar-refractivity contribution in [3.63, 3.8) is 0 Å². The van der Waals surface area contributed by atoms with Crippen LogP contribution < -0.4 is 0 Å². The standard InChI is InChI=1S/C10H8F5NO3/c1-2-19-9(18)6-4(8(11)12)3-5(17)7(16-6)10(13,14)15/h3,8,17H,2H2,1H3. The molecule has 0 bridgehead atoms. The smallest absolute Gasteiger partial charge is 0.437 e. The van der Waals surface area contributed by atoms with Crippen molar-refractivity contribution in [3.05, 3.63) is 23.0 Å². The topological polar surface area (TPSA) is 59.4 Å². The highest BCUT2D eigenvalue weighted by Crippen LogP contribution is 2.37. The van der Waals surface area contributed by atoms with Gasteiger partial charge >= 0.3 is 12.1 Å². The molecular weight excluding hydrogens is 277 g/mol. The van der Waals surface area contributed by atoms with E-state index < -0.39 is 41.3 Å². The first kappa shape index (κ1) is 15.1. The Bertz CT molecular complexity index is 487. The molecule has 1 rings (SSSR count). The van der Waals surface area contributed by atoms with E-state index in [0.717, 1.165) is 0 Å². The molecule has 1 N–H and O–H groups in total. The number of halogens is 5. The second-order valence-electron chi connectivity index (χ2n) is 3.31. The van der Waals surface area contributed by atoms with E-state index in [1.54, 1.807) is 0 Å². The summed E-state index contributed by atoms with van der Waals surface area (Å²) in [5.41, 5.74) is -4.11. The van der Waals surface area contributed by atoms with Gasteiger partial charge in [-0.3, -0.25) is 0 Å². The van der Waals surface area contributed by atoms with Crippen molar-refractivity contribution in [1.82, 2.24) is 4.98 Å². The van der Waals surface area contributed by atoms with Gasteiger partial charge in [-0.2, -0.15) is 13.2 Å². The van der Waals surface area contributed by atoms with Gasteiger partial charge < -0.3 is 9.84 Å². The Morgan fingerprint density at radius 1 is 1.47 bits per heavy atom. The molecule has 106 valence electrons. The Balaban J connectivity index is 3.44. The van der Waals surface area contributed by atoms with Gasteiger partial charge in [0.15, 0.2) is 11.4 Å². The molecule has 1 aromatic heterocycles. The van der Waals surface area contributed by atoms with Gasteiger partial charge in [0.1, 0.15) is 5.75 Å². The number of carbonyl (C=O) groups excluding carboxylic acids is 1. The summed E-state index contributed by atoms with van der Waals surface area (Å²) in [5.74, 6) is -2.89. The van der Waals surface area contributed by atoms with Gasteiger partial charge in [0.05, 0.1) is 12.2 Å². The number of rotatable bonds is 3. The van der Waals surface area contributed by atoms with Gasteiger partial charge in [0.25, 0.3) is 6.43 Å². The Hall–Kier alpha value is -1.93. The van der Waals surface area contributed by atoms with Crippen LogP contribution in [0.4, 0.5) is 22.0 Å². The lowest BCUT2D eigenvalue weighted by Gasteiger charge is -2.13. The number of pyridine rings is 1. The molecule has 0 radical (unpaired) electrons. The third kappa shape index (κ3) is 3.30. The summed E-state index contributed by atoms with van der Waals surface area (Å²) < 4.78 is 66.9. The maximum Gasteiger partial charge on any atom is 0.437 e. The quantitative estimate of drug-likeness (QED) is 0.685. The molecule has 0 saturated heterocycles. The molecule has 0 saturated carbocycles. The lowest BCUT2D eigenvalue weighted by atomic mass is 10.1. The van der Waals surface area contributed by atoms with Crippen LogP contribution in [-0.2, 0) is 10.9 Å². The van der Waals surface area contributed by atoms with Crippen molar-refractivity contribution < 1.29 is 36.6 Å². The number of hydrogen-bond donors (Lipinski definition) is 1. The molecule has 0 spiro atoms. The average Bonchev–Trinajstić information content (AvgIpc) is 2.26. The summed E-state index contributed by atoms with van der Waals surface area (Å²) in [6.07, 6.45) is -8.36. The highest BCUT2D eigenvalue weighted by atomic mass is 19.4. The van der Waals surface area contributed by atoms with Crippen LogP contribution in [0.3, 0.4) is 0 Å². The number of aromatic hydroxyl groups is 1. The largest absolute Gasteiger partial charge is 0.506 e. The van der Waals surface area contributed by atoms with Gasteiger partial charge in [-0.15, -0.1) is 0 Å². The van der Waals surface area contributed by atoms with Crippen molar-refractivity contribution in [2.75, 3.05) is 6.61 Å². The van der Waals surface area contributed by atoms with E-state index in [-0.39, 0.29) is 12.7 Å². The Labute approximate surface area is 103 Å². The van der Waals surface area contributed by atoms with Crippen LogP contribution in [0.25, 0.3) is 0 Å². The number of nitrogens with zero attached hydrogens (tertiary/aromatic N) is 1. The minimum Gasteiger partial charge on any atom is -0.506 e. The monoisotopic (exact) mass is 285 g/mol. The van der Waals surface area contributed by atoms with Crippen molar-refractivity contribution in [2.24, 2.45) is 0 Å². The van der Waals surface area contributed by atoms with Gasteiger partial charge in [-0.25, -0.2) is 18.6 Å². The molecule has 1 heterocycles. The van der Waals surface area contributed by atoms with E-state index in [1.807, 2.05) is 0 Å². The second kappa shape index (κ2) is 5.37. The molecule has 0 atom stereocenters. The highest BCUT2D eigenvalue weighted by molar-refractivity contribution is 5.89. The number of aromatic nitrogens is 1. The SMILES string of the molecule is CCOC(=O)c1nc(C(F)(F)F)c(O)cc1C(F)F. The fourth-order valence-corrected chi connectivity index (χ4v) is 1.26. The molecule has 0 aliphatic rings. The van der Waals surface area contributed by atoms with Gasteiger partial charge in [0.2, 0.25) is 0 Å². The Morgan fingerprint density at radius 3 is 2.47 bits per heavy atom. The minimum atomic E-state index is -5.08. The van der Waals surface area contributed by atoms with Crippen LogP contribution in [0.15, 0.2) is 6.07 Å². The van der Waals surface area contributed by atoms with Crippen molar-refractivity contribution >= 4 is 5.97 Å². The summed E-state index contributed by atoms with van der Waals surface area (Å²) >= 11 is 0. The normalized spacial score (nSPS) is 11.7. The fourth-order valence-electron chi connectivity index (χ4n) is 1.26. The van der Waals surface area contributed by atoms with Crippen molar-refractivity contribution in [2.45, 2.75) is 19.5 Å². The summed E-state index contributed by atoms with van der Waals surface area (Å²) in [7, 11) is 0. The first-order valence-electron chi connectivity index (χ1n) is 4.94. The lowest BCUT2D eigenvalue weighted by Crippen LogP contribution is -2.16. The molecular formula is C10H8F5NO3. The second-order valence-corrected chi connectivity index (χ2v) is 3.31. The summed E-state index contributed by atoms with van der Waals surface area (Å²) in [5, 5.41) is 9.04. The number of esters is 1. The predicted molar refractivity (Wildman–Crippen MR) is 51.8 cm³/mol. The van der Waals surface area contributed by atoms with E-state index >= 15 is 0 Å². The molecule has 1 aromatic rings. The summed E-state index contributed by atoms with van der Waals surface area (Å²) in [4.78, 5) is 14.0. The third-order valence-electron chi connectivity index (χ3n) is 2.00. The van der Waals surface area contributed by atoms with Crippen LogP contribution in [0.2, 0.25) is 0 Å². The molecule has 9 heteroatoms. The molecule has 0 aliphatic carbocycles. The molecule has 0 aliphatic heterocycles. The van der Waals surface area contributed by atoms with E-state index in [9.17, 15) is 26.7 Å². The van der Waals surface area contributed by atoms with Crippen LogP contribution >= 0.6 is 0 Å². The molecule has 0 fully saturated rings. The minimum absolute atomic E-state index is 0.159. The molecule has 0 unspecified atom stereocenters. The summed E-state index contributed by atoms with van der Waals surface area (Å²) in [6, 6.07) is 0.159. The average molecular weight is 285 g/mol. The maximum atomic E-state index is 12.6. The van der Waals surface area contributed by atoms with Crippen LogP contribution in [0.1, 0.15) is 35.1 Å². The maximum absolute atomic E-state index is 12.6. The van der Waals surface area contributed by atoms with E-state index in [1.165, 1.54) is 6.92 Å². The first-order valence-corrected chi connectivity index (χ1v) is 4.94. The predicted octanol–water partition coefficient (Wildman–Crippen LogP) is 2.92. The zero-order valence-corrected chi connectivity index (χ0v) is 9.46. The van der Waals surface area contributed by atoms with Crippen molar-refractivity contribution in [3.8, 4) is 5.75 Å². The van der Waals surface area contributed by atoms with Crippen LogP contribution in [0.5, 0.6) is 5.75 Å². The van der Waals surface area contributed by atoms with Crippen molar-refractivity contribution in [1.29, 1.82) is 0 Å². The summed E-state index contributed by atoms with van der Waals surface area (Å²) in [6.45, 7) is 1.14. The Kier molecular flexibility index (Phi) is 4.28. The molecule has 0 aromatic carbocycles. The third-order valence-corrected chi connectivity index (χ3v) is 2.00. The van der Waals surface area contributed by atoms with E-state index in [0.29, 0.717) is 0 Å². The molecule has 19 heavy (non-hydrogen) atoms. The molecule has 0 amide bonds. The first-order chi connectivity index (χ1) is 8.68. The van der Waals surface area contributed by atoms with Crippen LogP contribution in [-0.4, -0.2) is 22.7 Å². The van der Waals surface area contributed by atoms with Gasteiger partial charge in [0, 0.05) is 0 Å². The number of alkyl halides is 5. The molecule has 4 nitrogen and oxygen atoms in total. The number of carbonyl (C=O) groups is 1. The van der Waals surface area contributed by atoms with Crippen LogP contribution in [0, 0.1) is 0 Å².